The van der Waals surface area contributed by atoms with Gasteiger partial charge in [-0.05, 0) is 36.5 Å². The third-order valence-corrected chi connectivity index (χ3v) is 3.13. The number of carbonyl (C=O) groups excluding carboxylic acids is 1. The van der Waals surface area contributed by atoms with Crippen molar-refractivity contribution < 1.29 is 14.5 Å². The van der Waals surface area contributed by atoms with E-state index in [0.717, 1.165) is 0 Å². The first-order valence-electron chi connectivity index (χ1n) is 6.51. The van der Waals surface area contributed by atoms with Crippen molar-refractivity contribution in [2.45, 2.75) is 0 Å². The molecular weight excluding hydrogens is 318 g/mol. The minimum Gasteiger partial charge on any atom is -0.495 e. The summed E-state index contributed by atoms with van der Waals surface area (Å²) in [5.41, 5.74) is 0.792. The number of nitrogens with one attached hydrogen (secondary N) is 2. The van der Waals surface area contributed by atoms with Crippen LogP contribution in [0.15, 0.2) is 48.5 Å². The van der Waals surface area contributed by atoms with Crippen molar-refractivity contribution in [2.24, 2.45) is 0 Å². The molecule has 1 amide bonds. The Kier molecular flexibility index (Phi) is 5.21. The zero-order valence-electron chi connectivity index (χ0n) is 12.1. The van der Waals surface area contributed by atoms with E-state index in [1.54, 1.807) is 18.2 Å². The Morgan fingerprint density at radius 3 is 2.43 bits per heavy atom. The molecule has 0 saturated carbocycles. The summed E-state index contributed by atoms with van der Waals surface area (Å²) in [5.74, 6) is 0.117. The summed E-state index contributed by atoms with van der Waals surface area (Å²) in [7, 11) is 1.53. The van der Waals surface area contributed by atoms with Crippen LogP contribution in [0.25, 0.3) is 0 Å². The van der Waals surface area contributed by atoms with Crippen LogP contribution in [-0.4, -0.2) is 23.1 Å². The van der Waals surface area contributed by atoms with Gasteiger partial charge in [0.1, 0.15) is 5.75 Å². The van der Waals surface area contributed by atoms with Crippen molar-refractivity contribution >= 4 is 34.6 Å². The smallest absolute Gasteiger partial charge is 0.269 e. The lowest BCUT2D eigenvalue weighted by molar-refractivity contribution is -0.384. The van der Waals surface area contributed by atoms with Crippen molar-refractivity contribution in [1.82, 2.24) is 5.32 Å². The lowest BCUT2D eigenvalue weighted by Gasteiger charge is -2.12. The molecule has 0 aliphatic carbocycles. The number of nitro groups is 1. The maximum absolute atomic E-state index is 12.0. The summed E-state index contributed by atoms with van der Waals surface area (Å²) in [6.07, 6.45) is 0. The van der Waals surface area contributed by atoms with E-state index in [-0.39, 0.29) is 16.4 Å². The van der Waals surface area contributed by atoms with Crippen molar-refractivity contribution in [3.63, 3.8) is 0 Å². The zero-order valence-corrected chi connectivity index (χ0v) is 12.9. The molecule has 0 bridgehead atoms. The van der Waals surface area contributed by atoms with E-state index in [2.05, 4.69) is 10.6 Å². The van der Waals surface area contributed by atoms with Crippen LogP contribution in [0.4, 0.5) is 11.4 Å². The van der Waals surface area contributed by atoms with E-state index >= 15 is 0 Å². The number of para-hydroxylation sites is 2. The Bertz CT molecular complexity index is 747. The second-order valence-corrected chi connectivity index (χ2v) is 4.82. The van der Waals surface area contributed by atoms with Crippen LogP contribution in [0.5, 0.6) is 5.75 Å². The summed E-state index contributed by atoms with van der Waals surface area (Å²) < 4.78 is 5.17. The van der Waals surface area contributed by atoms with E-state index in [1.165, 1.54) is 31.4 Å². The molecule has 0 saturated heterocycles. The fraction of sp³-hybridized carbons (Fsp3) is 0.0667. The van der Waals surface area contributed by atoms with Gasteiger partial charge in [-0.1, -0.05) is 12.1 Å². The molecule has 0 aliphatic rings. The molecule has 0 atom stereocenters. The van der Waals surface area contributed by atoms with E-state index in [9.17, 15) is 14.9 Å². The number of rotatable bonds is 4. The van der Waals surface area contributed by atoms with Gasteiger partial charge in [0.2, 0.25) is 0 Å². The van der Waals surface area contributed by atoms with Crippen molar-refractivity contribution in [3.8, 4) is 5.75 Å². The third kappa shape index (κ3) is 4.24. The summed E-state index contributed by atoms with van der Waals surface area (Å²) in [6.45, 7) is 0. The molecule has 0 spiro atoms. The molecule has 2 aromatic rings. The molecule has 118 valence electrons. The summed E-state index contributed by atoms with van der Waals surface area (Å²) in [4.78, 5) is 22.1. The van der Waals surface area contributed by atoms with Gasteiger partial charge >= 0.3 is 0 Å². The highest BCUT2D eigenvalue weighted by molar-refractivity contribution is 7.80. The molecule has 0 fully saturated rings. The number of non-ortho nitro benzene ring substituents is 1. The maximum atomic E-state index is 12.0. The number of ether oxygens (including phenoxy) is 1. The Labute approximate surface area is 137 Å². The van der Waals surface area contributed by atoms with Crippen molar-refractivity contribution in [2.75, 3.05) is 12.4 Å². The van der Waals surface area contributed by atoms with Gasteiger partial charge in [-0.3, -0.25) is 20.2 Å². The molecule has 2 rings (SSSR count). The summed E-state index contributed by atoms with van der Waals surface area (Å²) in [6, 6.07) is 12.3. The molecular formula is C15H13N3O4S. The Morgan fingerprint density at radius 2 is 1.83 bits per heavy atom. The lowest BCUT2D eigenvalue weighted by Crippen LogP contribution is -2.34. The number of thiocarbonyl (C=S) groups is 1. The second-order valence-electron chi connectivity index (χ2n) is 4.41. The molecule has 2 N–H and O–H groups in total. The van der Waals surface area contributed by atoms with Gasteiger partial charge in [-0.2, -0.15) is 0 Å². The Balaban J connectivity index is 2.02. The van der Waals surface area contributed by atoms with Crippen molar-refractivity contribution in [3.05, 3.63) is 64.2 Å². The average molecular weight is 331 g/mol. The number of methoxy groups -OCH3 is 1. The van der Waals surface area contributed by atoms with Crippen LogP contribution in [-0.2, 0) is 0 Å². The number of anilines is 1. The fourth-order valence-corrected chi connectivity index (χ4v) is 2.01. The average Bonchev–Trinajstić information content (AvgIpc) is 2.55. The molecule has 0 heterocycles. The van der Waals surface area contributed by atoms with Gasteiger partial charge in [0, 0.05) is 17.7 Å². The van der Waals surface area contributed by atoms with Crippen LogP contribution < -0.4 is 15.4 Å². The van der Waals surface area contributed by atoms with Gasteiger partial charge in [0.25, 0.3) is 11.6 Å². The normalized spacial score (nSPS) is 9.78. The summed E-state index contributed by atoms with van der Waals surface area (Å²) >= 11 is 5.08. The number of hydrogen-bond acceptors (Lipinski definition) is 5. The van der Waals surface area contributed by atoms with E-state index in [0.29, 0.717) is 11.4 Å². The molecule has 2 aromatic carbocycles. The summed E-state index contributed by atoms with van der Waals surface area (Å²) in [5, 5.41) is 16.0. The zero-order chi connectivity index (χ0) is 16.8. The molecule has 23 heavy (non-hydrogen) atoms. The molecule has 0 aliphatic heterocycles. The van der Waals surface area contributed by atoms with Crippen LogP contribution in [0, 0.1) is 10.1 Å². The van der Waals surface area contributed by atoms with Gasteiger partial charge < -0.3 is 10.1 Å². The van der Waals surface area contributed by atoms with Crippen LogP contribution in [0.1, 0.15) is 10.4 Å². The maximum Gasteiger partial charge on any atom is 0.269 e. The van der Waals surface area contributed by atoms with E-state index < -0.39 is 10.8 Å². The minimum absolute atomic E-state index is 0.0868. The van der Waals surface area contributed by atoms with E-state index in [4.69, 9.17) is 17.0 Å². The Hall–Kier alpha value is -3.00. The highest BCUT2D eigenvalue weighted by Gasteiger charge is 2.11. The number of carbonyl (C=O) groups is 1. The van der Waals surface area contributed by atoms with Gasteiger partial charge in [-0.15, -0.1) is 0 Å². The standard InChI is InChI=1S/C15H13N3O4S/c1-22-13-5-3-2-4-12(13)16-15(23)17-14(19)10-6-8-11(9-7-10)18(20)21/h2-9H,1H3,(H2,16,17,19,23). The number of nitrogens with zero attached hydrogens (tertiary/aromatic N) is 1. The molecule has 8 heteroatoms. The number of benzene rings is 2. The topological polar surface area (TPSA) is 93.5 Å². The predicted molar refractivity (Wildman–Crippen MR) is 89.8 cm³/mol. The van der Waals surface area contributed by atoms with Crippen LogP contribution in [0.2, 0.25) is 0 Å². The van der Waals surface area contributed by atoms with Gasteiger partial charge in [0.15, 0.2) is 5.11 Å². The van der Waals surface area contributed by atoms with Gasteiger partial charge in [0.05, 0.1) is 17.7 Å². The monoisotopic (exact) mass is 331 g/mol. The first kappa shape index (κ1) is 16.4. The SMILES string of the molecule is COc1ccccc1NC(=S)NC(=O)c1ccc([N+](=O)[O-])cc1. The second kappa shape index (κ2) is 7.32. The van der Waals surface area contributed by atoms with E-state index in [1.807, 2.05) is 6.07 Å². The largest absolute Gasteiger partial charge is 0.495 e. The van der Waals surface area contributed by atoms with Crippen molar-refractivity contribution in [1.29, 1.82) is 0 Å². The first-order valence-corrected chi connectivity index (χ1v) is 6.92. The lowest BCUT2D eigenvalue weighted by atomic mass is 10.2. The number of amides is 1. The quantitative estimate of drug-likeness (QED) is 0.508. The molecule has 0 aromatic heterocycles. The van der Waals surface area contributed by atoms with Crippen LogP contribution >= 0.6 is 12.2 Å². The minimum atomic E-state index is -0.532. The highest BCUT2D eigenvalue weighted by atomic mass is 32.1. The number of hydrogen-bond donors (Lipinski definition) is 2. The molecule has 7 nitrogen and oxygen atoms in total. The Morgan fingerprint density at radius 1 is 1.17 bits per heavy atom. The van der Waals surface area contributed by atoms with Gasteiger partial charge in [-0.25, -0.2) is 0 Å². The third-order valence-electron chi connectivity index (χ3n) is 2.92. The number of nitro benzene ring substituents is 1. The first-order chi connectivity index (χ1) is 11.0. The van der Waals surface area contributed by atoms with Crippen LogP contribution in [0.3, 0.4) is 0 Å². The molecule has 0 unspecified atom stereocenters. The predicted octanol–water partition coefficient (Wildman–Crippen LogP) is 2.73. The fourth-order valence-electron chi connectivity index (χ4n) is 1.81. The molecule has 0 radical (unpaired) electrons. The highest BCUT2D eigenvalue weighted by Crippen LogP contribution is 2.22.